The van der Waals surface area contributed by atoms with Crippen LogP contribution >= 0.6 is 0 Å². The highest BCUT2D eigenvalue weighted by Crippen LogP contribution is 1.95. The summed E-state index contributed by atoms with van der Waals surface area (Å²) >= 11 is 0. The molecule has 0 amide bonds. The molecule has 0 aliphatic heterocycles. The Morgan fingerprint density at radius 3 is 1.82 bits per heavy atom. The van der Waals surface area contributed by atoms with Crippen LogP contribution < -0.4 is 5.73 Å². The molecule has 0 saturated heterocycles. The van der Waals surface area contributed by atoms with Crippen molar-refractivity contribution in [3.63, 3.8) is 0 Å². The van der Waals surface area contributed by atoms with E-state index in [9.17, 15) is 0 Å². The molecule has 0 radical (unpaired) electrons. The molecule has 0 aliphatic rings. The van der Waals surface area contributed by atoms with E-state index in [2.05, 4.69) is 13.8 Å². The van der Waals surface area contributed by atoms with Gasteiger partial charge >= 0.3 is 0 Å². The van der Waals surface area contributed by atoms with Gasteiger partial charge in [-0.1, -0.05) is 33.1 Å². The predicted molar refractivity (Wildman–Crippen MR) is 50.6 cm³/mol. The van der Waals surface area contributed by atoms with Crippen molar-refractivity contribution >= 4 is 0 Å². The van der Waals surface area contributed by atoms with E-state index >= 15 is 0 Å². The molecule has 0 unspecified atom stereocenters. The van der Waals surface area contributed by atoms with Crippen LogP contribution in [0.3, 0.4) is 0 Å². The van der Waals surface area contributed by atoms with Gasteiger partial charge in [-0.3, -0.25) is 0 Å². The zero-order chi connectivity index (χ0) is 8.95. The summed E-state index contributed by atoms with van der Waals surface area (Å²) in [5.74, 6) is 0. The van der Waals surface area contributed by atoms with Gasteiger partial charge in [0.2, 0.25) is 0 Å². The van der Waals surface area contributed by atoms with Gasteiger partial charge in [-0.15, -0.1) is 0 Å². The molecule has 70 valence electrons. The number of hydrogen-bond acceptors (Lipinski definition) is 2. The average molecular weight is 161 g/mol. The molecule has 0 rings (SSSR count). The summed E-state index contributed by atoms with van der Waals surface area (Å²) in [7, 11) is 0. The molecule has 11 heavy (non-hydrogen) atoms. The van der Waals surface area contributed by atoms with Gasteiger partial charge in [0.05, 0.1) is 0 Å². The maximum Gasteiger partial charge on any atom is 0.0431 e. The molecule has 0 saturated carbocycles. The standard InChI is InChI=1S/C6H14O.C3H9N/c1-2-3-4-5-6-7;1-2-3-4/h7H,2-6H2,1H3;2-4H2,1H3. The van der Waals surface area contributed by atoms with E-state index in [1.54, 1.807) is 0 Å². The molecule has 0 spiro atoms. The third kappa shape index (κ3) is 25.7. The third-order valence-corrected chi connectivity index (χ3v) is 1.30. The van der Waals surface area contributed by atoms with Crippen LogP contribution in [0.1, 0.15) is 46.0 Å². The monoisotopic (exact) mass is 161 g/mol. The lowest BCUT2D eigenvalue weighted by atomic mass is 10.2. The Balaban J connectivity index is 0. The quantitative estimate of drug-likeness (QED) is 0.605. The fourth-order valence-electron chi connectivity index (χ4n) is 0.539. The van der Waals surface area contributed by atoms with Gasteiger partial charge in [-0.05, 0) is 19.4 Å². The van der Waals surface area contributed by atoms with Gasteiger partial charge in [0.25, 0.3) is 0 Å². The van der Waals surface area contributed by atoms with Crippen molar-refractivity contribution in [3.8, 4) is 0 Å². The SMILES string of the molecule is CCCCCCO.CCCN. The van der Waals surface area contributed by atoms with Crippen LogP contribution in [0.25, 0.3) is 0 Å². The summed E-state index contributed by atoms with van der Waals surface area (Å²) in [5.41, 5.74) is 5.03. The first-order valence-corrected chi connectivity index (χ1v) is 4.64. The van der Waals surface area contributed by atoms with Gasteiger partial charge in [0, 0.05) is 6.61 Å². The molecule has 3 N–H and O–H groups in total. The van der Waals surface area contributed by atoms with E-state index in [-0.39, 0.29) is 0 Å². The Hall–Kier alpha value is -0.0800. The normalized spacial score (nSPS) is 8.73. The van der Waals surface area contributed by atoms with Crippen molar-refractivity contribution < 1.29 is 5.11 Å². The molecular weight excluding hydrogens is 138 g/mol. The zero-order valence-electron chi connectivity index (χ0n) is 7.97. The highest BCUT2D eigenvalue weighted by molar-refractivity contribution is 4.35. The second-order valence-corrected chi connectivity index (χ2v) is 2.57. The number of unbranched alkanes of at least 4 members (excludes halogenated alkanes) is 3. The molecule has 0 bridgehead atoms. The molecule has 2 nitrogen and oxygen atoms in total. The lowest BCUT2D eigenvalue weighted by Crippen LogP contribution is -1.93. The lowest BCUT2D eigenvalue weighted by molar-refractivity contribution is 0.283. The number of nitrogens with two attached hydrogens (primary N) is 1. The minimum Gasteiger partial charge on any atom is -0.396 e. The second kappa shape index (κ2) is 16.5. The van der Waals surface area contributed by atoms with Crippen molar-refractivity contribution in [2.45, 2.75) is 46.0 Å². The number of hydrogen-bond donors (Lipinski definition) is 2. The molecular formula is C9H23NO. The first-order valence-electron chi connectivity index (χ1n) is 4.64. The molecule has 0 atom stereocenters. The third-order valence-electron chi connectivity index (χ3n) is 1.30. The van der Waals surface area contributed by atoms with Crippen LogP contribution in [-0.4, -0.2) is 18.3 Å². The summed E-state index contributed by atoms with van der Waals surface area (Å²) < 4.78 is 0. The first kappa shape index (κ1) is 13.5. The van der Waals surface area contributed by atoms with Gasteiger partial charge in [0.15, 0.2) is 0 Å². The van der Waals surface area contributed by atoms with Crippen LogP contribution in [0.5, 0.6) is 0 Å². The largest absolute Gasteiger partial charge is 0.396 e. The van der Waals surface area contributed by atoms with Crippen molar-refractivity contribution in [1.82, 2.24) is 0 Å². The lowest BCUT2D eigenvalue weighted by Gasteiger charge is -1.90. The van der Waals surface area contributed by atoms with Crippen molar-refractivity contribution in [1.29, 1.82) is 0 Å². The Bertz CT molecular complexity index is 42.8. The van der Waals surface area contributed by atoms with Gasteiger partial charge in [0.1, 0.15) is 0 Å². The highest BCUT2D eigenvalue weighted by atomic mass is 16.2. The summed E-state index contributed by atoms with van der Waals surface area (Å²) in [4.78, 5) is 0. The molecule has 0 aromatic carbocycles. The van der Waals surface area contributed by atoms with Gasteiger partial charge in [-0.2, -0.15) is 0 Å². The van der Waals surface area contributed by atoms with Crippen LogP contribution in [0.2, 0.25) is 0 Å². The molecule has 2 heteroatoms. The minimum absolute atomic E-state index is 0.361. The van der Waals surface area contributed by atoms with Crippen LogP contribution in [-0.2, 0) is 0 Å². The van der Waals surface area contributed by atoms with E-state index < -0.39 is 0 Å². The van der Waals surface area contributed by atoms with E-state index in [4.69, 9.17) is 10.8 Å². The van der Waals surface area contributed by atoms with E-state index in [0.29, 0.717) is 6.61 Å². The Morgan fingerprint density at radius 2 is 1.55 bits per heavy atom. The average Bonchev–Trinajstić information content (AvgIpc) is 2.06. The van der Waals surface area contributed by atoms with Crippen LogP contribution in [0.4, 0.5) is 0 Å². The number of rotatable bonds is 5. The minimum atomic E-state index is 0.361. The number of aliphatic hydroxyl groups excluding tert-OH is 1. The maximum absolute atomic E-state index is 8.29. The fraction of sp³-hybridized carbons (Fsp3) is 1.00. The first-order chi connectivity index (χ1) is 5.33. The molecule has 0 aromatic heterocycles. The van der Waals surface area contributed by atoms with Crippen LogP contribution in [0.15, 0.2) is 0 Å². The van der Waals surface area contributed by atoms with Crippen molar-refractivity contribution in [3.05, 3.63) is 0 Å². The topological polar surface area (TPSA) is 46.2 Å². The zero-order valence-corrected chi connectivity index (χ0v) is 7.97. The second-order valence-electron chi connectivity index (χ2n) is 2.57. The summed E-state index contributed by atoms with van der Waals surface area (Å²) in [6.45, 7) is 5.40. The summed E-state index contributed by atoms with van der Waals surface area (Å²) in [6.07, 6.45) is 5.78. The molecule has 0 fully saturated rings. The smallest absolute Gasteiger partial charge is 0.0431 e. The molecule has 0 aromatic rings. The van der Waals surface area contributed by atoms with Crippen molar-refractivity contribution in [2.24, 2.45) is 5.73 Å². The molecule has 0 aliphatic carbocycles. The fourth-order valence-corrected chi connectivity index (χ4v) is 0.539. The van der Waals surface area contributed by atoms with E-state index in [0.717, 1.165) is 19.4 Å². The number of aliphatic hydroxyl groups is 1. The molecule has 0 heterocycles. The summed E-state index contributed by atoms with van der Waals surface area (Å²) in [6, 6.07) is 0. The van der Waals surface area contributed by atoms with E-state index in [1.807, 2.05) is 0 Å². The van der Waals surface area contributed by atoms with Crippen LogP contribution in [0, 0.1) is 0 Å². The predicted octanol–water partition coefficient (Wildman–Crippen LogP) is 1.91. The van der Waals surface area contributed by atoms with Gasteiger partial charge < -0.3 is 10.8 Å². The Kier molecular flexibility index (Phi) is 20.2. The Labute approximate surface area is 70.8 Å². The maximum atomic E-state index is 8.29. The van der Waals surface area contributed by atoms with Crippen molar-refractivity contribution in [2.75, 3.05) is 13.2 Å². The Morgan fingerprint density at radius 1 is 1.00 bits per heavy atom. The summed E-state index contributed by atoms with van der Waals surface area (Å²) in [5, 5.41) is 8.29. The highest BCUT2D eigenvalue weighted by Gasteiger charge is 1.80. The van der Waals surface area contributed by atoms with E-state index in [1.165, 1.54) is 19.3 Å². The van der Waals surface area contributed by atoms with Gasteiger partial charge in [-0.25, -0.2) is 0 Å².